The van der Waals surface area contributed by atoms with Gasteiger partial charge in [-0.05, 0) is 19.1 Å². The second kappa shape index (κ2) is 6.21. The van der Waals surface area contributed by atoms with Crippen LogP contribution in [0.15, 0.2) is 16.0 Å². The average Bonchev–Trinajstić information content (AvgIpc) is 2.37. The largest absolute Gasteiger partial charge is 0.372 e. The Morgan fingerprint density at radius 2 is 2.24 bits per heavy atom. The van der Waals surface area contributed by atoms with Crippen molar-refractivity contribution in [1.29, 1.82) is 0 Å². The van der Waals surface area contributed by atoms with Crippen molar-refractivity contribution in [3.63, 3.8) is 0 Å². The van der Waals surface area contributed by atoms with Crippen LogP contribution in [-0.4, -0.2) is 22.3 Å². The molecular formula is C12H18N2O2S. The van der Waals surface area contributed by atoms with Crippen molar-refractivity contribution in [2.24, 2.45) is 0 Å². The van der Waals surface area contributed by atoms with Crippen molar-refractivity contribution in [2.75, 3.05) is 6.26 Å². The van der Waals surface area contributed by atoms with Crippen LogP contribution < -0.4 is 5.56 Å². The molecule has 1 aliphatic rings. The number of hydrogen-bond acceptors (Lipinski definition) is 4. The van der Waals surface area contributed by atoms with E-state index in [1.807, 2.05) is 6.26 Å². The zero-order valence-electron chi connectivity index (χ0n) is 10.1. The molecule has 1 saturated carbocycles. The first-order chi connectivity index (χ1) is 8.28. The van der Waals surface area contributed by atoms with E-state index in [4.69, 9.17) is 4.74 Å². The van der Waals surface area contributed by atoms with Crippen LogP contribution in [0.2, 0.25) is 0 Å². The minimum atomic E-state index is -0.105. The Balaban J connectivity index is 1.93. The summed E-state index contributed by atoms with van der Waals surface area (Å²) in [6.07, 6.45) is 8.34. The summed E-state index contributed by atoms with van der Waals surface area (Å²) in [5.41, 5.74) is 0.621. The van der Waals surface area contributed by atoms with E-state index >= 15 is 0 Å². The molecule has 17 heavy (non-hydrogen) atoms. The van der Waals surface area contributed by atoms with E-state index in [0.717, 1.165) is 18.5 Å². The van der Waals surface area contributed by atoms with E-state index in [-0.39, 0.29) is 5.56 Å². The predicted octanol–water partition coefficient (Wildman–Crippen LogP) is 2.34. The molecule has 0 unspecified atom stereocenters. The molecule has 0 spiro atoms. The molecule has 0 amide bonds. The van der Waals surface area contributed by atoms with Crippen LogP contribution >= 0.6 is 11.8 Å². The first-order valence-corrected chi connectivity index (χ1v) is 7.26. The van der Waals surface area contributed by atoms with E-state index in [1.165, 1.54) is 37.1 Å². The molecule has 1 fully saturated rings. The van der Waals surface area contributed by atoms with Crippen molar-refractivity contribution in [3.8, 4) is 0 Å². The molecule has 0 bridgehead atoms. The lowest BCUT2D eigenvalue weighted by Gasteiger charge is -2.21. The van der Waals surface area contributed by atoms with Crippen molar-refractivity contribution in [2.45, 2.75) is 50.0 Å². The predicted molar refractivity (Wildman–Crippen MR) is 68.3 cm³/mol. The maximum atomic E-state index is 11.4. The second-order valence-corrected chi connectivity index (χ2v) is 5.11. The highest BCUT2D eigenvalue weighted by atomic mass is 32.2. The van der Waals surface area contributed by atoms with Gasteiger partial charge in [-0.25, -0.2) is 4.98 Å². The molecule has 4 nitrogen and oxygen atoms in total. The lowest BCUT2D eigenvalue weighted by molar-refractivity contribution is 0.0149. The number of nitrogens with one attached hydrogen (secondary N) is 1. The fraction of sp³-hybridized carbons (Fsp3) is 0.667. The number of hydrogen-bond donors (Lipinski definition) is 1. The summed E-state index contributed by atoms with van der Waals surface area (Å²) in [5, 5.41) is 0.653. The lowest BCUT2D eigenvalue weighted by atomic mass is 9.98. The molecule has 94 valence electrons. The van der Waals surface area contributed by atoms with E-state index in [2.05, 4.69) is 9.97 Å². The van der Waals surface area contributed by atoms with Crippen molar-refractivity contribution >= 4 is 11.8 Å². The summed E-state index contributed by atoms with van der Waals surface area (Å²) in [5.74, 6) is 0. The Morgan fingerprint density at radius 1 is 1.47 bits per heavy atom. The third-order valence-electron chi connectivity index (χ3n) is 2.99. The van der Waals surface area contributed by atoms with Gasteiger partial charge in [0.05, 0.1) is 18.4 Å². The van der Waals surface area contributed by atoms with Crippen LogP contribution in [0, 0.1) is 0 Å². The Bertz CT molecular complexity index is 413. The zero-order chi connectivity index (χ0) is 12.1. The Hall–Kier alpha value is -0.810. The number of aromatic nitrogens is 2. The molecule has 1 N–H and O–H groups in total. The van der Waals surface area contributed by atoms with Gasteiger partial charge in [-0.3, -0.25) is 4.79 Å². The standard InChI is InChI=1S/C12H18N2O2S/c1-17-12-13-9(7-11(15)14-12)8-16-10-5-3-2-4-6-10/h7,10H,2-6,8H2,1H3,(H,13,14,15). The smallest absolute Gasteiger partial charge is 0.251 e. The molecule has 1 aromatic rings. The molecule has 1 heterocycles. The molecule has 0 atom stereocenters. The molecule has 0 aliphatic heterocycles. The van der Waals surface area contributed by atoms with Gasteiger partial charge in [-0.15, -0.1) is 0 Å². The molecule has 0 aromatic carbocycles. The highest BCUT2D eigenvalue weighted by Gasteiger charge is 2.14. The van der Waals surface area contributed by atoms with Crippen LogP contribution in [-0.2, 0) is 11.3 Å². The van der Waals surface area contributed by atoms with Crippen LogP contribution in [0.1, 0.15) is 37.8 Å². The van der Waals surface area contributed by atoms with Crippen LogP contribution in [0.3, 0.4) is 0 Å². The Morgan fingerprint density at radius 3 is 2.94 bits per heavy atom. The average molecular weight is 254 g/mol. The van der Waals surface area contributed by atoms with Gasteiger partial charge < -0.3 is 9.72 Å². The van der Waals surface area contributed by atoms with Gasteiger partial charge in [0.2, 0.25) is 0 Å². The van der Waals surface area contributed by atoms with Crippen molar-refractivity contribution in [1.82, 2.24) is 9.97 Å². The van der Waals surface area contributed by atoms with E-state index in [9.17, 15) is 4.79 Å². The highest BCUT2D eigenvalue weighted by molar-refractivity contribution is 7.98. The quantitative estimate of drug-likeness (QED) is 0.662. The summed E-state index contributed by atoms with van der Waals surface area (Å²) < 4.78 is 5.80. The van der Waals surface area contributed by atoms with E-state index < -0.39 is 0 Å². The number of ether oxygens (including phenoxy) is 1. The zero-order valence-corrected chi connectivity index (χ0v) is 10.9. The van der Waals surface area contributed by atoms with Gasteiger partial charge in [-0.1, -0.05) is 31.0 Å². The number of rotatable bonds is 4. The minimum Gasteiger partial charge on any atom is -0.372 e. The number of aromatic amines is 1. The van der Waals surface area contributed by atoms with Crippen LogP contribution in [0.5, 0.6) is 0 Å². The van der Waals surface area contributed by atoms with Gasteiger partial charge in [0.25, 0.3) is 5.56 Å². The first kappa shape index (κ1) is 12.6. The number of nitrogens with zero attached hydrogens (tertiary/aromatic N) is 1. The summed E-state index contributed by atoms with van der Waals surface area (Å²) in [6, 6.07) is 1.52. The summed E-state index contributed by atoms with van der Waals surface area (Å²) in [7, 11) is 0. The molecular weight excluding hydrogens is 236 g/mol. The normalized spacial score (nSPS) is 17.2. The van der Waals surface area contributed by atoms with Gasteiger partial charge in [0.15, 0.2) is 5.16 Å². The third-order valence-corrected chi connectivity index (χ3v) is 3.57. The maximum Gasteiger partial charge on any atom is 0.251 e. The highest BCUT2D eigenvalue weighted by Crippen LogP contribution is 2.21. The monoisotopic (exact) mass is 254 g/mol. The number of H-pyrrole nitrogens is 1. The Kier molecular flexibility index (Phi) is 4.62. The topological polar surface area (TPSA) is 55.0 Å². The Labute approximate surface area is 105 Å². The summed E-state index contributed by atoms with van der Waals surface area (Å²) in [6.45, 7) is 0.447. The maximum absolute atomic E-state index is 11.4. The lowest BCUT2D eigenvalue weighted by Crippen LogP contribution is -2.18. The second-order valence-electron chi connectivity index (χ2n) is 4.32. The van der Waals surface area contributed by atoms with Gasteiger partial charge in [0.1, 0.15) is 0 Å². The van der Waals surface area contributed by atoms with Crippen LogP contribution in [0.4, 0.5) is 0 Å². The van der Waals surface area contributed by atoms with E-state index in [1.54, 1.807) is 0 Å². The van der Waals surface area contributed by atoms with Gasteiger partial charge in [0, 0.05) is 6.07 Å². The molecule has 0 radical (unpaired) electrons. The first-order valence-electron chi connectivity index (χ1n) is 6.04. The van der Waals surface area contributed by atoms with Crippen molar-refractivity contribution in [3.05, 3.63) is 22.1 Å². The summed E-state index contributed by atoms with van der Waals surface area (Å²) in [4.78, 5) is 18.4. The third kappa shape index (κ3) is 3.85. The fourth-order valence-electron chi connectivity index (χ4n) is 2.09. The molecule has 0 saturated heterocycles. The molecule has 5 heteroatoms. The van der Waals surface area contributed by atoms with Crippen LogP contribution in [0.25, 0.3) is 0 Å². The molecule has 2 rings (SSSR count). The number of thioether (sulfide) groups is 1. The van der Waals surface area contributed by atoms with Gasteiger partial charge in [-0.2, -0.15) is 0 Å². The summed E-state index contributed by atoms with van der Waals surface area (Å²) >= 11 is 1.44. The van der Waals surface area contributed by atoms with E-state index in [0.29, 0.717) is 17.9 Å². The van der Waals surface area contributed by atoms with Gasteiger partial charge >= 0.3 is 0 Å². The van der Waals surface area contributed by atoms with Crippen molar-refractivity contribution < 1.29 is 4.74 Å². The minimum absolute atomic E-state index is 0.105. The SMILES string of the molecule is CSc1nc(COC2CCCCC2)cc(=O)[nH]1. The fourth-order valence-corrected chi connectivity index (χ4v) is 2.50. The molecule has 1 aliphatic carbocycles. The molecule has 1 aromatic heterocycles.